The Morgan fingerprint density at radius 2 is 1.95 bits per heavy atom. The molecule has 2 unspecified atom stereocenters. The van der Waals surface area contributed by atoms with Crippen molar-refractivity contribution in [3.63, 3.8) is 0 Å². The molecule has 1 saturated heterocycles. The molecule has 0 radical (unpaired) electrons. The molecule has 1 heterocycles. The van der Waals surface area contributed by atoms with Crippen LogP contribution >= 0.6 is 0 Å². The topological polar surface area (TPSA) is 52.7 Å². The summed E-state index contributed by atoms with van der Waals surface area (Å²) >= 11 is 0. The first-order chi connectivity index (χ1) is 9.04. The minimum atomic E-state index is -0.322. The SMILES string of the molecule is CCC(C)N1C(=O)CC(NCCN(CC)CC)C1=O. The molecule has 0 saturated carbocycles. The number of likely N-dealkylation sites (tertiary alicyclic amines) is 1. The van der Waals surface area contributed by atoms with Crippen molar-refractivity contribution in [2.45, 2.75) is 52.6 Å². The van der Waals surface area contributed by atoms with Gasteiger partial charge in [0.1, 0.15) is 0 Å². The van der Waals surface area contributed by atoms with Crippen LogP contribution in [-0.4, -0.2) is 59.9 Å². The van der Waals surface area contributed by atoms with Crippen molar-refractivity contribution >= 4 is 11.8 Å². The Labute approximate surface area is 116 Å². The third kappa shape index (κ3) is 4.01. The van der Waals surface area contributed by atoms with Gasteiger partial charge in [0.05, 0.1) is 12.5 Å². The van der Waals surface area contributed by atoms with Gasteiger partial charge in [-0.05, 0) is 26.4 Å². The summed E-state index contributed by atoms with van der Waals surface area (Å²) in [4.78, 5) is 27.7. The molecule has 1 aliphatic heterocycles. The smallest absolute Gasteiger partial charge is 0.247 e. The van der Waals surface area contributed by atoms with Crippen LogP contribution in [0.1, 0.15) is 40.5 Å². The first kappa shape index (κ1) is 16.1. The zero-order chi connectivity index (χ0) is 14.4. The van der Waals surface area contributed by atoms with E-state index in [1.807, 2.05) is 13.8 Å². The third-order valence-corrected chi connectivity index (χ3v) is 3.93. The Bertz CT molecular complexity index is 316. The second-order valence-corrected chi connectivity index (χ2v) is 5.10. The number of amides is 2. The monoisotopic (exact) mass is 269 g/mol. The van der Waals surface area contributed by atoms with Crippen molar-refractivity contribution in [3.05, 3.63) is 0 Å². The standard InChI is InChI=1S/C14H27N3O2/c1-5-11(4)17-13(18)10-12(14(17)19)15-8-9-16(6-2)7-3/h11-12,15H,5-10H2,1-4H3. The summed E-state index contributed by atoms with van der Waals surface area (Å²) in [7, 11) is 0. The van der Waals surface area contributed by atoms with Gasteiger partial charge in [0, 0.05) is 19.1 Å². The molecule has 0 bridgehead atoms. The highest BCUT2D eigenvalue weighted by atomic mass is 16.2. The zero-order valence-corrected chi connectivity index (χ0v) is 12.6. The largest absolute Gasteiger partial charge is 0.304 e. The van der Waals surface area contributed by atoms with Gasteiger partial charge in [-0.15, -0.1) is 0 Å². The van der Waals surface area contributed by atoms with Gasteiger partial charge in [-0.25, -0.2) is 0 Å². The van der Waals surface area contributed by atoms with Crippen LogP contribution in [0.3, 0.4) is 0 Å². The van der Waals surface area contributed by atoms with Crippen LogP contribution < -0.4 is 5.32 Å². The Morgan fingerprint density at radius 1 is 1.32 bits per heavy atom. The van der Waals surface area contributed by atoms with Crippen molar-refractivity contribution in [1.29, 1.82) is 0 Å². The maximum absolute atomic E-state index is 12.2. The number of carbonyl (C=O) groups is 2. The molecule has 0 aromatic rings. The quantitative estimate of drug-likeness (QED) is 0.664. The van der Waals surface area contributed by atoms with E-state index in [1.54, 1.807) is 0 Å². The summed E-state index contributed by atoms with van der Waals surface area (Å²) in [6.45, 7) is 11.8. The van der Waals surface area contributed by atoms with Crippen molar-refractivity contribution in [2.24, 2.45) is 0 Å². The van der Waals surface area contributed by atoms with E-state index in [4.69, 9.17) is 0 Å². The van der Waals surface area contributed by atoms with Crippen LogP contribution in [0.4, 0.5) is 0 Å². The van der Waals surface area contributed by atoms with E-state index < -0.39 is 0 Å². The van der Waals surface area contributed by atoms with E-state index in [9.17, 15) is 9.59 Å². The number of hydrogen-bond acceptors (Lipinski definition) is 4. The maximum atomic E-state index is 12.2. The van der Waals surface area contributed by atoms with Crippen LogP contribution in [0.25, 0.3) is 0 Å². The van der Waals surface area contributed by atoms with Gasteiger partial charge in [0.2, 0.25) is 11.8 Å². The molecule has 0 aromatic carbocycles. The van der Waals surface area contributed by atoms with Gasteiger partial charge in [-0.2, -0.15) is 0 Å². The Morgan fingerprint density at radius 3 is 2.47 bits per heavy atom. The second kappa shape index (κ2) is 7.60. The molecule has 5 heteroatoms. The van der Waals surface area contributed by atoms with Gasteiger partial charge >= 0.3 is 0 Å². The van der Waals surface area contributed by atoms with Crippen molar-refractivity contribution < 1.29 is 9.59 Å². The van der Waals surface area contributed by atoms with E-state index in [0.29, 0.717) is 6.42 Å². The highest BCUT2D eigenvalue weighted by molar-refractivity contribution is 6.05. The lowest BCUT2D eigenvalue weighted by Gasteiger charge is -2.22. The third-order valence-electron chi connectivity index (χ3n) is 3.93. The van der Waals surface area contributed by atoms with Gasteiger partial charge < -0.3 is 10.2 Å². The summed E-state index contributed by atoms with van der Waals surface area (Å²) in [6, 6.07) is -0.313. The molecule has 19 heavy (non-hydrogen) atoms. The molecule has 0 aromatic heterocycles. The van der Waals surface area contributed by atoms with Crippen LogP contribution in [0.5, 0.6) is 0 Å². The Hall–Kier alpha value is -0.940. The molecule has 1 aliphatic rings. The van der Waals surface area contributed by atoms with Crippen molar-refractivity contribution in [3.8, 4) is 0 Å². The molecule has 0 aliphatic carbocycles. The highest BCUT2D eigenvalue weighted by Crippen LogP contribution is 2.17. The zero-order valence-electron chi connectivity index (χ0n) is 12.6. The number of likely N-dealkylation sites (N-methyl/N-ethyl adjacent to an activating group) is 1. The van der Waals surface area contributed by atoms with Crippen molar-refractivity contribution in [1.82, 2.24) is 15.1 Å². The Balaban J connectivity index is 2.44. The van der Waals surface area contributed by atoms with Crippen LogP contribution in [0, 0.1) is 0 Å². The number of carbonyl (C=O) groups excluding carboxylic acids is 2. The molecule has 5 nitrogen and oxygen atoms in total. The lowest BCUT2D eigenvalue weighted by molar-refractivity contribution is -0.141. The van der Waals surface area contributed by atoms with Crippen molar-refractivity contribution in [2.75, 3.05) is 26.2 Å². The summed E-state index contributed by atoms with van der Waals surface area (Å²) in [5.41, 5.74) is 0. The predicted octanol–water partition coefficient (Wildman–Crippen LogP) is 0.844. The average Bonchev–Trinajstić information content (AvgIpc) is 2.69. The maximum Gasteiger partial charge on any atom is 0.247 e. The summed E-state index contributed by atoms with van der Waals surface area (Å²) in [5.74, 6) is -0.0985. The minimum Gasteiger partial charge on any atom is -0.304 e. The summed E-state index contributed by atoms with van der Waals surface area (Å²) in [6.07, 6.45) is 1.12. The van der Waals surface area contributed by atoms with Gasteiger partial charge in [-0.1, -0.05) is 20.8 Å². The fraction of sp³-hybridized carbons (Fsp3) is 0.857. The first-order valence-corrected chi connectivity index (χ1v) is 7.36. The lowest BCUT2D eigenvalue weighted by atomic mass is 10.2. The average molecular weight is 269 g/mol. The number of nitrogens with zero attached hydrogens (tertiary/aromatic N) is 2. The summed E-state index contributed by atoms with van der Waals surface area (Å²) < 4.78 is 0. The Kier molecular flexibility index (Phi) is 6.45. The number of imide groups is 1. The molecule has 1 fully saturated rings. The molecular weight excluding hydrogens is 242 g/mol. The number of nitrogens with one attached hydrogen (secondary N) is 1. The number of hydrogen-bond donors (Lipinski definition) is 1. The predicted molar refractivity (Wildman–Crippen MR) is 75.8 cm³/mol. The lowest BCUT2D eigenvalue weighted by Crippen LogP contribution is -2.44. The second-order valence-electron chi connectivity index (χ2n) is 5.10. The van der Waals surface area contributed by atoms with Gasteiger partial charge in [0.25, 0.3) is 0 Å². The number of rotatable bonds is 8. The molecule has 0 spiro atoms. The first-order valence-electron chi connectivity index (χ1n) is 7.36. The minimum absolute atomic E-state index is 0.00887. The fourth-order valence-electron chi connectivity index (χ4n) is 2.39. The van der Waals surface area contributed by atoms with E-state index in [-0.39, 0.29) is 23.9 Å². The van der Waals surface area contributed by atoms with E-state index in [0.717, 1.165) is 32.6 Å². The fourth-order valence-corrected chi connectivity index (χ4v) is 2.39. The molecule has 1 rings (SSSR count). The van der Waals surface area contributed by atoms with Gasteiger partial charge in [-0.3, -0.25) is 14.5 Å². The van der Waals surface area contributed by atoms with Crippen LogP contribution in [0.15, 0.2) is 0 Å². The van der Waals surface area contributed by atoms with Crippen LogP contribution in [0.2, 0.25) is 0 Å². The molecule has 110 valence electrons. The molecule has 2 atom stereocenters. The van der Waals surface area contributed by atoms with Gasteiger partial charge in [0.15, 0.2) is 0 Å². The highest BCUT2D eigenvalue weighted by Gasteiger charge is 2.40. The van der Waals surface area contributed by atoms with E-state index >= 15 is 0 Å². The molecular formula is C14H27N3O2. The normalized spacial score (nSPS) is 21.5. The van der Waals surface area contributed by atoms with E-state index in [1.165, 1.54) is 4.90 Å². The van der Waals surface area contributed by atoms with Crippen LogP contribution in [-0.2, 0) is 9.59 Å². The summed E-state index contributed by atoms with van der Waals surface area (Å²) in [5, 5.41) is 3.22. The molecule has 1 N–H and O–H groups in total. The van der Waals surface area contributed by atoms with E-state index in [2.05, 4.69) is 24.1 Å². The molecule has 2 amide bonds.